The van der Waals surface area contributed by atoms with Gasteiger partial charge in [-0.1, -0.05) is 364 Å². The van der Waals surface area contributed by atoms with Crippen molar-refractivity contribution in [3.8, 4) is 0 Å². The van der Waals surface area contributed by atoms with Crippen molar-refractivity contribution in [2.45, 2.75) is 0 Å². The first-order chi connectivity index (χ1) is 37.8. The second-order valence-electron chi connectivity index (χ2n) is 17.4. The average Bonchev–Trinajstić information content (AvgIpc) is 3.51. The zero-order valence-electron chi connectivity index (χ0n) is 42.8. The first-order valence-electron chi connectivity index (χ1n) is 25.6. The Morgan fingerprint density at radius 1 is 0.104 bits per heavy atom. The molecule has 0 fully saturated rings. The van der Waals surface area contributed by atoms with Gasteiger partial charge < -0.3 is 0 Å². The summed E-state index contributed by atoms with van der Waals surface area (Å²) in [6.45, 7) is 0. The van der Waals surface area contributed by atoms with Crippen molar-refractivity contribution in [1.82, 2.24) is 0 Å². The van der Waals surface area contributed by atoms with Gasteiger partial charge in [-0.25, -0.2) is 0 Å². The van der Waals surface area contributed by atoms with Gasteiger partial charge >= 0.3 is 0 Å². The Bertz CT molecular complexity index is 2580. The fourth-order valence-corrected chi connectivity index (χ4v) is 17.9. The Balaban J connectivity index is 0.000000135. The van der Waals surface area contributed by atoms with E-state index in [0.29, 0.717) is 0 Å². The van der Waals surface area contributed by atoms with E-state index in [4.69, 9.17) is 0 Å². The van der Waals surface area contributed by atoms with Crippen molar-refractivity contribution in [1.29, 1.82) is 0 Å². The van der Waals surface area contributed by atoms with E-state index in [1.54, 1.807) is 0 Å². The van der Waals surface area contributed by atoms with E-state index in [9.17, 15) is 0 Å². The quantitative estimate of drug-likeness (QED) is 0.0845. The molecule has 0 aliphatic rings. The topological polar surface area (TPSA) is 0 Å². The summed E-state index contributed by atoms with van der Waals surface area (Å²) in [5.74, 6) is 0. The molecule has 0 heterocycles. The Morgan fingerprint density at radius 2 is 0.169 bits per heavy atom. The molecule has 12 aromatic rings. The molecule has 0 spiro atoms. The zero-order valence-corrected chi connectivity index (χ0v) is 48.0. The van der Waals surface area contributed by atoms with Crippen LogP contribution in [0.15, 0.2) is 364 Å². The van der Waals surface area contributed by atoms with Crippen molar-refractivity contribution < 1.29 is 19.5 Å². The molecule has 77 heavy (non-hydrogen) atoms. The molecular formula is C72H60P4Rh. The van der Waals surface area contributed by atoms with Crippen LogP contribution in [-0.2, 0) is 19.5 Å². The molecule has 12 aromatic carbocycles. The molecular weight excluding hydrogens is 1090 g/mol. The van der Waals surface area contributed by atoms with E-state index >= 15 is 0 Å². The average molecular weight is 1150 g/mol. The summed E-state index contributed by atoms with van der Waals surface area (Å²) in [6, 6.07) is 129. The van der Waals surface area contributed by atoms with Gasteiger partial charge in [0.1, 0.15) is 0 Å². The van der Waals surface area contributed by atoms with Crippen LogP contribution in [0, 0.1) is 0 Å². The summed E-state index contributed by atoms with van der Waals surface area (Å²) in [5.41, 5.74) is 0. The van der Waals surface area contributed by atoms with Crippen LogP contribution < -0.4 is 63.7 Å². The van der Waals surface area contributed by atoms with Crippen molar-refractivity contribution >= 4 is 95.3 Å². The zero-order chi connectivity index (χ0) is 51.7. The fourth-order valence-electron chi connectivity index (χ4n) is 8.71. The van der Waals surface area contributed by atoms with Crippen molar-refractivity contribution in [3.05, 3.63) is 364 Å². The minimum absolute atomic E-state index is 0. The molecule has 0 saturated heterocycles. The van der Waals surface area contributed by atoms with E-state index in [0.717, 1.165) is 0 Å². The van der Waals surface area contributed by atoms with Crippen LogP contribution in [0.5, 0.6) is 0 Å². The molecule has 0 aliphatic carbocycles. The minimum Gasteiger partial charge on any atom is -0.0622 e. The van der Waals surface area contributed by atoms with Crippen LogP contribution in [0.2, 0.25) is 0 Å². The first kappa shape index (κ1) is 56.2. The molecule has 0 amide bonds. The third-order valence-electron chi connectivity index (χ3n) is 12.2. The van der Waals surface area contributed by atoms with Crippen LogP contribution >= 0.6 is 31.7 Å². The Labute approximate surface area is 475 Å². The second kappa shape index (κ2) is 31.3. The number of benzene rings is 12. The predicted molar refractivity (Wildman–Crippen MR) is 341 cm³/mol. The third-order valence-corrected chi connectivity index (χ3v) is 21.9. The summed E-state index contributed by atoms with van der Waals surface area (Å²) in [4.78, 5) is 0. The first-order valence-corrected chi connectivity index (χ1v) is 31.0. The smallest absolute Gasteiger partial charge is 0 e. The Hall–Kier alpha value is -7.02. The summed E-state index contributed by atoms with van der Waals surface area (Å²) < 4.78 is 0. The molecule has 0 N–H and O–H groups in total. The summed E-state index contributed by atoms with van der Waals surface area (Å²) in [6.07, 6.45) is 0. The maximum absolute atomic E-state index is 2.23. The van der Waals surface area contributed by atoms with Crippen LogP contribution in [0.1, 0.15) is 0 Å². The number of hydrogen-bond donors (Lipinski definition) is 0. The largest absolute Gasteiger partial charge is 0.0622 e. The summed E-state index contributed by atoms with van der Waals surface area (Å²) in [7, 11) is -1.78. The predicted octanol–water partition coefficient (Wildman–Crippen LogP) is 13.8. The number of rotatable bonds is 12. The molecule has 0 aliphatic heterocycles. The maximum Gasteiger partial charge on any atom is 0 e. The van der Waals surface area contributed by atoms with E-state index in [2.05, 4.69) is 364 Å². The number of hydrogen-bond acceptors (Lipinski definition) is 0. The normalized spacial score (nSPS) is 10.4. The van der Waals surface area contributed by atoms with Gasteiger partial charge in [-0.15, -0.1) is 0 Å². The molecule has 0 bridgehead atoms. The molecule has 12 rings (SSSR count). The molecule has 0 saturated carbocycles. The van der Waals surface area contributed by atoms with Gasteiger partial charge in [0.25, 0.3) is 0 Å². The minimum atomic E-state index is -0.446. The molecule has 0 nitrogen and oxygen atoms in total. The van der Waals surface area contributed by atoms with E-state index in [1.165, 1.54) is 63.7 Å². The van der Waals surface area contributed by atoms with Gasteiger partial charge in [0.05, 0.1) is 0 Å². The van der Waals surface area contributed by atoms with Crippen LogP contribution in [0.4, 0.5) is 0 Å². The molecule has 0 aromatic heterocycles. The van der Waals surface area contributed by atoms with Gasteiger partial charge in [-0.05, 0) is 95.3 Å². The van der Waals surface area contributed by atoms with Crippen molar-refractivity contribution in [3.63, 3.8) is 0 Å². The van der Waals surface area contributed by atoms with E-state index in [-0.39, 0.29) is 19.5 Å². The second-order valence-corrected chi connectivity index (χ2v) is 26.2. The van der Waals surface area contributed by atoms with Crippen LogP contribution in [0.25, 0.3) is 0 Å². The molecule has 1 radical (unpaired) electrons. The fraction of sp³-hybridized carbons (Fsp3) is 0. The molecule has 377 valence electrons. The van der Waals surface area contributed by atoms with Gasteiger partial charge in [0, 0.05) is 19.5 Å². The van der Waals surface area contributed by atoms with Crippen LogP contribution in [0.3, 0.4) is 0 Å². The Kier molecular flexibility index (Phi) is 22.8. The molecule has 0 unspecified atom stereocenters. The monoisotopic (exact) mass is 1150 g/mol. The Morgan fingerprint density at radius 3 is 0.234 bits per heavy atom. The third kappa shape index (κ3) is 16.5. The SMILES string of the molecule is [Rh].c1ccc(P(c2ccccc2)c2ccccc2)cc1.c1ccc(P(c2ccccc2)c2ccccc2)cc1.c1ccc(P(c2ccccc2)c2ccccc2)cc1.c1ccc(P(c2ccccc2)c2ccccc2)cc1. The maximum atomic E-state index is 2.23. The van der Waals surface area contributed by atoms with Crippen molar-refractivity contribution in [2.24, 2.45) is 0 Å². The van der Waals surface area contributed by atoms with Gasteiger partial charge in [0.2, 0.25) is 0 Å². The van der Waals surface area contributed by atoms with Gasteiger partial charge in [-0.3, -0.25) is 0 Å². The standard InChI is InChI=1S/4C18H15P.Rh/c4*1-4-10-16(11-5-1)19(17-12-6-2-7-13-17)18-14-8-3-9-15-18;/h4*1-15H;. The van der Waals surface area contributed by atoms with Crippen LogP contribution in [-0.4, -0.2) is 0 Å². The molecule has 0 atom stereocenters. The van der Waals surface area contributed by atoms with Crippen molar-refractivity contribution in [2.75, 3.05) is 0 Å². The van der Waals surface area contributed by atoms with E-state index in [1.807, 2.05) is 0 Å². The van der Waals surface area contributed by atoms with Gasteiger partial charge in [-0.2, -0.15) is 0 Å². The molecule has 5 heteroatoms. The van der Waals surface area contributed by atoms with Gasteiger partial charge in [0.15, 0.2) is 0 Å². The summed E-state index contributed by atoms with van der Waals surface area (Å²) in [5, 5.41) is 16.8. The van der Waals surface area contributed by atoms with E-state index < -0.39 is 31.7 Å². The summed E-state index contributed by atoms with van der Waals surface area (Å²) >= 11 is 0.